The van der Waals surface area contributed by atoms with E-state index in [9.17, 15) is 16.8 Å². The maximum atomic E-state index is 12.3. The summed E-state index contributed by atoms with van der Waals surface area (Å²) >= 11 is 0. The van der Waals surface area contributed by atoms with Gasteiger partial charge >= 0.3 is 0 Å². The first-order valence-electron chi connectivity index (χ1n) is 8.02. The monoisotopic (exact) mass is 375 g/mol. The van der Waals surface area contributed by atoms with Crippen LogP contribution in [0.5, 0.6) is 0 Å². The van der Waals surface area contributed by atoms with Crippen molar-refractivity contribution in [3.05, 3.63) is 30.3 Å². The van der Waals surface area contributed by atoms with E-state index >= 15 is 0 Å². The van der Waals surface area contributed by atoms with Gasteiger partial charge in [-0.3, -0.25) is 0 Å². The molecule has 1 aliphatic heterocycles. The van der Waals surface area contributed by atoms with E-state index in [1.165, 1.54) is 16.4 Å². The van der Waals surface area contributed by atoms with Gasteiger partial charge in [0.2, 0.25) is 20.0 Å². The Morgan fingerprint density at radius 3 is 2.29 bits per heavy atom. The molecule has 0 saturated carbocycles. The van der Waals surface area contributed by atoms with Crippen molar-refractivity contribution in [2.45, 2.75) is 17.7 Å². The summed E-state index contributed by atoms with van der Waals surface area (Å²) in [4.78, 5) is 0.135. The summed E-state index contributed by atoms with van der Waals surface area (Å²) in [6.07, 6.45) is 1.66. The molecule has 1 aliphatic rings. The lowest BCUT2D eigenvalue weighted by atomic mass is 9.98. The molecule has 2 rings (SSSR count). The Morgan fingerprint density at radius 2 is 1.71 bits per heavy atom. The predicted molar refractivity (Wildman–Crippen MR) is 93.6 cm³/mol. The summed E-state index contributed by atoms with van der Waals surface area (Å²) < 4.78 is 52.7. The number of nitrogens with one attached hydrogen (secondary N) is 2. The third-order valence-corrected chi connectivity index (χ3v) is 7.51. The Bertz CT molecular complexity index is 712. The fourth-order valence-electron chi connectivity index (χ4n) is 2.80. The molecule has 1 aromatic rings. The maximum absolute atomic E-state index is 12.3. The van der Waals surface area contributed by atoms with Crippen LogP contribution in [0.2, 0.25) is 0 Å². The van der Waals surface area contributed by atoms with E-state index in [0.717, 1.165) is 19.4 Å². The second kappa shape index (κ2) is 8.39. The number of sulfonamides is 2. The normalized spacial score (nSPS) is 17.9. The van der Waals surface area contributed by atoms with Crippen molar-refractivity contribution in [3.63, 3.8) is 0 Å². The lowest BCUT2D eigenvalue weighted by Gasteiger charge is -2.31. The van der Waals surface area contributed by atoms with Gasteiger partial charge in [0.05, 0.1) is 10.6 Å². The zero-order valence-electron chi connectivity index (χ0n) is 13.8. The Labute approximate surface area is 144 Å². The van der Waals surface area contributed by atoms with Gasteiger partial charge in [-0.15, -0.1) is 0 Å². The summed E-state index contributed by atoms with van der Waals surface area (Å²) in [7, 11) is -5.22. The summed E-state index contributed by atoms with van der Waals surface area (Å²) in [6.45, 7) is 1.76. The molecule has 7 nitrogen and oxygen atoms in total. The van der Waals surface area contributed by atoms with Crippen molar-refractivity contribution in [1.29, 1.82) is 0 Å². The van der Waals surface area contributed by atoms with Crippen molar-refractivity contribution >= 4 is 20.0 Å². The van der Waals surface area contributed by atoms with E-state index in [2.05, 4.69) is 10.0 Å². The highest BCUT2D eigenvalue weighted by Gasteiger charge is 2.27. The minimum Gasteiger partial charge on any atom is -0.319 e. The van der Waals surface area contributed by atoms with Crippen molar-refractivity contribution in [3.8, 4) is 0 Å². The average molecular weight is 376 g/mol. The minimum atomic E-state index is -3.67. The molecule has 0 amide bonds. The third-order valence-electron chi connectivity index (χ3n) is 4.17. The summed E-state index contributed by atoms with van der Waals surface area (Å²) in [5, 5.41) is 3.11. The molecule has 9 heteroatoms. The number of hydrogen-bond donors (Lipinski definition) is 2. The second-order valence-corrected chi connectivity index (χ2v) is 9.78. The zero-order chi connectivity index (χ0) is 17.6. The lowest BCUT2D eigenvalue weighted by molar-refractivity contribution is 0.271. The van der Waals surface area contributed by atoms with Gasteiger partial charge < -0.3 is 5.32 Å². The van der Waals surface area contributed by atoms with E-state index in [1.807, 2.05) is 7.05 Å². The van der Waals surface area contributed by atoms with Crippen LogP contribution in [-0.4, -0.2) is 60.1 Å². The van der Waals surface area contributed by atoms with Crippen LogP contribution in [0.25, 0.3) is 0 Å². The molecule has 0 radical (unpaired) electrons. The Hall–Kier alpha value is -1.00. The van der Waals surface area contributed by atoms with E-state index in [0.29, 0.717) is 19.0 Å². The first kappa shape index (κ1) is 19.3. The van der Waals surface area contributed by atoms with Crippen LogP contribution in [0.15, 0.2) is 35.2 Å². The van der Waals surface area contributed by atoms with Crippen LogP contribution in [0, 0.1) is 5.92 Å². The summed E-state index contributed by atoms with van der Waals surface area (Å²) in [5.74, 6) is 0.272. The number of benzene rings is 1. The SMILES string of the molecule is CNCC1CCN(S(=O)(=O)CCNS(=O)(=O)c2ccccc2)CC1. The lowest BCUT2D eigenvalue weighted by Crippen LogP contribution is -2.43. The van der Waals surface area contributed by atoms with Crippen LogP contribution >= 0.6 is 0 Å². The fourth-order valence-corrected chi connectivity index (χ4v) is 5.36. The van der Waals surface area contributed by atoms with E-state index in [-0.39, 0.29) is 17.2 Å². The van der Waals surface area contributed by atoms with E-state index in [4.69, 9.17) is 0 Å². The van der Waals surface area contributed by atoms with Crippen LogP contribution in [0.4, 0.5) is 0 Å². The largest absolute Gasteiger partial charge is 0.319 e. The van der Waals surface area contributed by atoms with Crippen LogP contribution < -0.4 is 10.0 Å². The first-order chi connectivity index (χ1) is 11.3. The quantitative estimate of drug-likeness (QED) is 0.678. The van der Waals surface area contributed by atoms with Crippen LogP contribution in [0.1, 0.15) is 12.8 Å². The fraction of sp³-hybridized carbons (Fsp3) is 0.600. The molecule has 1 aromatic carbocycles. The number of hydrogen-bond acceptors (Lipinski definition) is 5. The molecule has 0 aliphatic carbocycles. The third kappa shape index (κ3) is 5.25. The molecule has 0 bridgehead atoms. The highest BCUT2D eigenvalue weighted by molar-refractivity contribution is 7.90. The van der Waals surface area contributed by atoms with Gasteiger partial charge in [0, 0.05) is 19.6 Å². The van der Waals surface area contributed by atoms with Crippen LogP contribution in [-0.2, 0) is 20.0 Å². The topological polar surface area (TPSA) is 95.6 Å². The molecule has 0 spiro atoms. The van der Waals surface area contributed by atoms with Gasteiger partial charge in [0.25, 0.3) is 0 Å². The molecular weight excluding hydrogens is 350 g/mol. The van der Waals surface area contributed by atoms with E-state index in [1.54, 1.807) is 18.2 Å². The summed E-state index contributed by atoms with van der Waals surface area (Å²) in [6, 6.07) is 7.93. The highest BCUT2D eigenvalue weighted by Crippen LogP contribution is 2.19. The minimum absolute atomic E-state index is 0.129. The van der Waals surface area contributed by atoms with Crippen molar-refractivity contribution in [1.82, 2.24) is 14.3 Å². The first-order valence-corrected chi connectivity index (χ1v) is 11.1. The molecule has 1 fully saturated rings. The van der Waals surface area contributed by atoms with Crippen molar-refractivity contribution < 1.29 is 16.8 Å². The average Bonchev–Trinajstić information content (AvgIpc) is 2.56. The Morgan fingerprint density at radius 1 is 1.08 bits per heavy atom. The molecule has 0 atom stereocenters. The number of piperidine rings is 1. The van der Waals surface area contributed by atoms with Gasteiger partial charge in [0.15, 0.2) is 0 Å². The van der Waals surface area contributed by atoms with Crippen molar-refractivity contribution in [2.24, 2.45) is 5.92 Å². The molecule has 136 valence electrons. The van der Waals surface area contributed by atoms with Gasteiger partial charge in [0.1, 0.15) is 0 Å². The standard InChI is InChI=1S/C15H25N3O4S2/c1-16-13-14-7-10-18(11-8-14)23(19,20)12-9-17-24(21,22)15-5-3-2-4-6-15/h2-6,14,16-17H,7-13H2,1H3. The zero-order valence-corrected chi connectivity index (χ0v) is 15.4. The van der Waals surface area contributed by atoms with Gasteiger partial charge in [-0.05, 0) is 44.5 Å². The molecule has 1 saturated heterocycles. The molecule has 0 unspecified atom stereocenters. The Kier molecular flexibility index (Phi) is 6.76. The molecule has 24 heavy (non-hydrogen) atoms. The van der Waals surface area contributed by atoms with Gasteiger partial charge in [-0.1, -0.05) is 18.2 Å². The van der Waals surface area contributed by atoms with Gasteiger partial charge in [-0.2, -0.15) is 0 Å². The number of nitrogens with zero attached hydrogens (tertiary/aromatic N) is 1. The van der Waals surface area contributed by atoms with E-state index < -0.39 is 20.0 Å². The summed E-state index contributed by atoms with van der Waals surface area (Å²) in [5.41, 5.74) is 0. The smallest absolute Gasteiger partial charge is 0.240 e. The second-order valence-electron chi connectivity index (χ2n) is 5.93. The van der Waals surface area contributed by atoms with Crippen molar-refractivity contribution in [2.75, 3.05) is 39.0 Å². The Balaban J connectivity index is 1.85. The maximum Gasteiger partial charge on any atom is 0.240 e. The highest BCUT2D eigenvalue weighted by atomic mass is 32.2. The van der Waals surface area contributed by atoms with Gasteiger partial charge in [-0.25, -0.2) is 25.9 Å². The van der Waals surface area contributed by atoms with Crippen LogP contribution in [0.3, 0.4) is 0 Å². The number of rotatable bonds is 8. The molecule has 2 N–H and O–H groups in total. The molecular formula is C15H25N3O4S2. The molecule has 1 heterocycles. The molecule has 0 aromatic heterocycles. The predicted octanol–water partition coefficient (Wildman–Crippen LogP) is 0.226.